The van der Waals surface area contributed by atoms with Crippen LogP contribution < -0.4 is 0 Å². The van der Waals surface area contributed by atoms with Crippen molar-refractivity contribution in [1.29, 1.82) is 0 Å². The molecule has 0 saturated heterocycles. The summed E-state index contributed by atoms with van der Waals surface area (Å²) < 4.78 is 0. The third-order valence-corrected chi connectivity index (χ3v) is 2.77. The number of rotatable bonds is 0. The second-order valence-electron chi connectivity index (χ2n) is 3.73. The van der Waals surface area contributed by atoms with E-state index < -0.39 is 0 Å². The highest BCUT2D eigenvalue weighted by atomic mass is 14.1. The number of aryl methyl sites for hydroxylation is 3. The Labute approximate surface area is 74.6 Å². The maximum absolute atomic E-state index is 2.37. The Kier molecular flexibility index (Phi) is 1.92. The molecule has 0 saturated carbocycles. The van der Waals surface area contributed by atoms with E-state index in [0.29, 0.717) is 0 Å². The zero-order chi connectivity index (χ0) is 8.55. The fraction of sp³-hybridized carbons (Fsp3) is 0.417. The molecular weight excluding hydrogens is 144 g/mol. The van der Waals surface area contributed by atoms with Crippen molar-refractivity contribution in [3.8, 4) is 0 Å². The Bertz CT molecular complexity index is 266. The van der Waals surface area contributed by atoms with Gasteiger partial charge in [0.2, 0.25) is 0 Å². The first-order chi connectivity index (χ1) is 5.77. The Morgan fingerprint density at radius 1 is 1.08 bits per heavy atom. The maximum Gasteiger partial charge on any atom is -0.00900 e. The van der Waals surface area contributed by atoms with Crippen molar-refractivity contribution >= 4 is 0 Å². The Morgan fingerprint density at radius 3 is 2.67 bits per heavy atom. The smallest absolute Gasteiger partial charge is 0.00900 e. The van der Waals surface area contributed by atoms with E-state index in [-0.39, 0.29) is 0 Å². The van der Waals surface area contributed by atoms with Crippen LogP contribution in [0.4, 0.5) is 0 Å². The molecule has 1 radical (unpaired) electrons. The maximum atomic E-state index is 2.37. The van der Waals surface area contributed by atoms with Crippen LogP contribution in [0.3, 0.4) is 0 Å². The van der Waals surface area contributed by atoms with Gasteiger partial charge in [-0.2, -0.15) is 0 Å². The zero-order valence-electron chi connectivity index (χ0n) is 7.85. The lowest BCUT2D eigenvalue weighted by Crippen LogP contribution is -2.01. The van der Waals surface area contributed by atoms with Gasteiger partial charge in [-0.1, -0.05) is 12.1 Å². The molecule has 1 aromatic rings. The highest BCUT2D eigenvalue weighted by Crippen LogP contribution is 2.25. The van der Waals surface area contributed by atoms with E-state index >= 15 is 0 Å². The summed E-state index contributed by atoms with van der Waals surface area (Å²) in [6.07, 6.45) is 6.23. The summed E-state index contributed by atoms with van der Waals surface area (Å²) >= 11 is 0. The molecule has 63 valence electrons. The van der Waals surface area contributed by atoms with Crippen molar-refractivity contribution in [2.75, 3.05) is 0 Å². The van der Waals surface area contributed by atoms with Gasteiger partial charge in [0.1, 0.15) is 0 Å². The molecule has 0 fully saturated rings. The largest absolute Gasteiger partial charge is 0.0556 e. The first kappa shape index (κ1) is 7.85. The molecule has 0 aromatic heterocycles. The van der Waals surface area contributed by atoms with E-state index in [9.17, 15) is 0 Å². The predicted octanol–water partition coefficient (Wildman–Crippen LogP) is 3.19. The second kappa shape index (κ2) is 2.93. The van der Waals surface area contributed by atoms with Crippen LogP contribution in [0.5, 0.6) is 0 Å². The molecule has 0 N–H and O–H groups in total. The van der Waals surface area contributed by atoms with Gasteiger partial charge in [0.15, 0.2) is 0 Å². The lowest BCUT2D eigenvalue weighted by molar-refractivity contribution is 0.773. The lowest BCUT2D eigenvalue weighted by atomic mass is 9.89. The third-order valence-electron chi connectivity index (χ3n) is 2.77. The van der Waals surface area contributed by atoms with Gasteiger partial charge in [-0.05, 0) is 61.8 Å². The summed E-state index contributed by atoms with van der Waals surface area (Å²) in [6.45, 7) is 4.39. The molecule has 0 unspecified atom stereocenters. The average Bonchev–Trinajstić information content (AvgIpc) is 2.07. The average molecular weight is 159 g/mol. The summed E-state index contributed by atoms with van der Waals surface area (Å²) in [6, 6.07) is 4.67. The summed E-state index contributed by atoms with van der Waals surface area (Å²) in [4.78, 5) is 0. The van der Waals surface area contributed by atoms with Gasteiger partial charge in [0.25, 0.3) is 0 Å². The van der Waals surface area contributed by atoms with Crippen molar-refractivity contribution in [2.45, 2.75) is 33.1 Å². The van der Waals surface area contributed by atoms with Crippen molar-refractivity contribution < 1.29 is 0 Å². The standard InChI is InChI=1S/C12H15/c1-9-7-11-5-3-4-6-12(11)8-10(9)2/h5,7-8H,3-4,6H2,1-2H3. The van der Waals surface area contributed by atoms with Crippen LogP contribution in [0.2, 0.25) is 0 Å². The normalized spacial score (nSPS) is 15.8. The topological polar surface area (TPSA) is 0 Å². The van der Waals surface area contributed by atoms with Crippen LogP contribution in [0.25, 0.3) is 0 Å². The van der Waals surface area contributed by atoms with Gasteiger partial charge in [0, 0.05) is 0 Å². The van der Waals surface area contributed by atoms with E-state index in [1.54, 1.807) is 5.56 Å². The molecule has 0 aliphatic heterocycles. The fourth-order valence-corrected chi connectivity index (χ4v) is 1.85. The van der Waals surface area contributed by atoms with E-state index in [1.165, 1.54) is 36.0 Å². The minimum absolute atomic E-state index is 1.26. The third kappa shape index (κ3) is 1.26. The van der Waals surface area contributed by atoms with Crippen LogP contribution in [-0.2, 0) is 6.42 Å². The van der Waals surface area contributed by atoms with E-state index in [1.807, 2.05) is 0 Å². The monoisotopic (exact) mass is 159 g/mol. The number of hydrogen-bond acceptors (Lipinski definition) is 0. The molecule has 0 amide bonds. The zero-order valence-corrected chi connectivity index (χ0v) is 7.85. The first-order valence-electron chi connectivity index (χ1n) is 4.71. The van der Waals surface area contributed by atoms with Gasteiger partial charge in [-0.25, -0.2) is 0 Å². The quantitative estimate of drug-likeness (QED) is 0.545. The fourth-order valence-electron chi connectivity index (χ4n) is 1.85. The van der Waals surface area contributed by atoms with E-state index in [2.05, 4.69) is 32.4 Å². The van der Waals surface area contributed by atoms with Gasteiger partial charge < -0.3 is 0 Å². The molecule has 1 aliphatic rings. The molecule has 0 spiro atoms. The molecule has 0 heteroatoms. The molecule has 0 atom stereocenters. The SMILES string of the molecule is Cc1cc2c(cc1C)CCC[CH]2. The van der Waals surface area contributed by atoms with Crippen LogP contribution in [0, 0.1) is 20.3 Å². The van der Waals surface area contributed by atoms with E-state index in [0.717, 1.165) is 0 Å². The van der Waals surface area contributed by atoms with Crippen LogP contribution in [-0.4, -0.2) is 0 Å². The van der Waals surface area contributed by atoms with Crippen molar-refractivity contribution in [3.63, 3.8) is 0 Å². The van der Waals surface area contributed by atoms with Gasteiger partial charge >= 0.3 is 0 Å². The molecular formula is C12H15. The van der Waals surface area contributed by atoms with Crippen LogP contribution >= 0.6 is 0 Å². The summed E-state index contributed by atoms with van der Waals surface area (Å²) in [5.41, 5.74) is 5.88. The van der Waals surface area contributed by atoms with E-state index in [4.69, 9.17) is 0 Å². The van der Waals surface area contributed by atoms with Crippen molar-refractivity contribution in [2.24, 2.45) is 0 Å². The molecule has 12 heavy (non-hydrogen) atoms. The summed E-state index contributed by atoms with van der Waals surface area (Å²) in [7, 11) is 0. The first-order valence-corrected chi connectivity index (χ1v) is 4.71. The summed E-state index contributed by atoms with van der Waals surface area (Å²) in [5, 5.41) is 0. The van der Waals surface area contributed by atoms with Gasteiger partial charge in [0.05, 0.1) is 0 Å². The number of benzene rings is 1. The lowest BCUT2D eigenvalue weighted by Gasteiger charge is -2.16. The van der Waals surface area contributed by atoms with Gasteiger partial charge in [-0.3, -0.25) is 0 Å². The highest BCUT2D eigenvalue weighted by molar-refractivity contribution is 5.42. The predicted molar refractivity (Wildman–Crippen MR) is 52.3 cm³/mol. The Morgan fingerprint density at radius 2 is 1.83 bits per heavy atom. The highest BCUT2D eigenvalue weighted by Gasteiger charge is 2.09. The van der Waals surface area contributed by atoms with Crippen molar-refractivity contribution in [1.82, 2.24) is 0 Å². The second-order valence-corrected chi connectivity index (χ2v) is 3.73. The Balaban J connectivity index is 2.49. The van der Waals surface area contributed by atoms with Crippen molar-refractivity contribution in [3.05, 3.63) is 40.8 Å². The molecule has 0 nitrogen and oxygen atoms in total. The van der Waals surface area contributed by atoms with Crippen LogP contribution in [0.15, 0.2) is 12.1 Å². The molecule has 2 rings (SSSR count). The molecule has 1 aliphatic carbocycles. The minimum atomic E-state index is 1.26. The summed E-state index contributed by atoms with van der Waals surface area (Å²) in [5.74, 6) is 0. The Hall–Kier alpha value is -0.780. The molecule has 0 heterocycles. The number of fused-ring (bicyclic) bond motifs is 1. The van der Waals surface area contributed by atoms with Crippen LogP contribution in [0.1, 0.15) is 35.1 Å². The van der Waals surface area contributed by atoms with Gasteiger partial charge in [-0.15, -0.1) is 0 Å². The number of hydrogen-bond donors (Lipinski definition) is 0. The minimum Gasteiger partial charge on any atom is -0.0556 e. The molecule has 1 aromatic carbocycles. The molecule has 0 bridgehead atoms.